The lowest BCUT2D eigenvalue weighted by Crippen LogP contribution is -2.33. The number of rotatable bonds is 8. The molecule has 32 heavy (non-hydrogen) atoms. The maximum absolute atomic E-state index is 11.8. The third kappa shape index (κ3) is 5.78. The summed E-state index contributed by atoms with van der Waals surface area (Å²) in [5.74, 6) is 0.0201. The van der Waals surface area contributed by atoms with E-state index in [1.54, 1.807) is 0 Å². The minimum atomic E-state index is -5.71. The lowest BCUT2D eigenvalue weighted by atomic mass is 10.1. The maximum Gasteiger partial charge on any atom is 0.490 e. The summed E-state index contributed by atoms with van der Waals surface area (Å²) in [7, 11) is -16.7. The van der Waals surface area contributed by atoms with E-state index in [-0.39, 0.29) is 21.7 Å². The fourth-order valence-corrected chi connectivity index (χ4v) is 6.25. The number of imidazole rings is 1. The molecule has 8 N–H and O–H groups in total. The predicted octanol–water partition coefficient (Wildman–Crippen LogP) is -0.867. The third-order valence-corrected chi connectivity index (χ3v) is 8.23. The Kier molecular flexibility index (Phi) is 7.28. The Morgan fingerprint density at radius 3 is 2.38 bits per heavy atom. The summed E-state index contributed by atoms with van der Waals surface area (Å²) in [6.45, 7) is -0.972. The van der Waals surface area contributed by atoms with Crippen LogP contribution in [0.4, 0.5) is 5.82 Å². The molecule has 22 heteroatoms. The van der Waals surface area contributed by atoms with E-state index < -0.39 is 54.6 Å². The summed E-state index contributed by atoms with van der Waals surface area (Å²) in [6, 6.07) is 0. The molecule has 1 fully saturated rings. The average Bonchev–Trinajstić information content (AvgIpc) is 3.08. The first-order valence-electron chi connectivity index (χ1n) is 8.04. The van der Waals surface area contributed by atoms with Crippen molar-refractivity contribution < 1.29 is 61.4 Å². The van der Waals surface area contributed by atoms with E-state index in [1.165, 1.54) is 4.57 Å². The number of phosphoric ester groups is 1. The van der Waals surface area contributed by atoms with Crippen LogP contribution in [0.1, 0.15) is 6.23 Å². The van der Waals surface area contributed by atoms with Crippen LogP contribution in [0.5, 0.6) is 0 Å². The topological polar surface area (TPSA) is 279 Å². The average molecular weight is 586 g/mol. The van der Waals surface area contributed by atoms with Crippen LogP contribution in [0.3, 0.4) is 0 Å². The number of hydrogen-bond donors (Lipinski definition) is 7. The summed E-state index contributed by atoms with van der Waals surface area (Å²) < 4.78 is 52.2. The van der Waals surface area contributed by atoms with Crippen LogP contribution in [0, 0.1) is 0 Å². The molecule has 0 spiro atoms. The summed E-state index contributed by atoms with van der Waals surface area (Å²) in [6.07, 6.45) is -5.03. The van der Waals surface area contributed by atoms with Gasteiger partial charge in [-0.15, -0.1) is 0 Å². The van der Waals surface area contributed by atoms with Gasteiger partial charge in [0.1, 0.15) is 24.6 Å². The maximum atomic E-state index is 11.8. The molecule has 2 unspecified atom stereocenters. The second-order valence-electron chi connectivity index (χ2n) is 6.11. The second-order valence-corrected chi connectivity index (χ2v) is 11.2. The lowest BCUT2D eigenvalue weighted by molar-refractivity contribution is -0.0513. The number of aliphatic hydroxyl groups is 2. The Morgan fingerprint density at radius 2 is 1.75 bits per heavy atom. The van der Waals surface area contributed by atoms with Crippen LogP contribution < -0.4 is 5.73 Å². The molecule has 0 saturated carbocycles. The molecule has 0 radical (unpaired) electrons. The quantitative estimate of drug-likeness (QED) is 0.146. The molecule has 0 aliphatic carbocycles. The number of nitrogen functional groups attached to an aromatic ring is 1. The van der Waals surface area contributed by atoms with Gasteiger partial charge in [0.05, 0.1) is 6.61 Å². The van der Waals surface area contributed by atoms with Crippen molar-refractivity contribution in [2.45, 2.75) is 24.5 Å². The Bertz CT molecular complexity index is 1160. The van der Waals surface area contributed by atoms with Crippen LogP contribution >= 0.6 is 39.4 Å². The molecule has 3 heterocycles. The van der Waals surface area contributed by atoms with E-state index in [1.807, 2.05) is 0 Å². The van der Waals surface area contributed by atoms with E-state index in [2.05, 4.69) is 44.0 Å². The Hall–Kier alpha value is -0.880. The highest BCUT2D eigenvalue weighted by Crippen LogP contribution is 2.66. The number of anilines is 1. The first-order valence-corrected chi connectivity index (χ1v) is 13.4. The summed E-state index contributed by atoms with van der Waals surface area (Å²) in [5, 5.41) is 20.6. The van der Waals surface area contributed by atoms with Gasteiger partial charge in [-0.05, 0) is 15.9 Å². The van der Waals surface area contributed by atoms with Gasteiger partial charge in [0.15, 0.2) is 27.9 Å². The summed E-state index contributed by atoms with van der Waals surface area (Å²) in [4.78, 5) is 47.5. The minimum absolute atomic E-state index is 0.0201. The highest BCUT2D eigenvalue weighted by atomic mass is 79.9. The SMILES string of the molecule is Nc1ncnc2c1nc(Br)n2[C@@H]1O[C@H](COP(=O)(O)OP(=O)(O)OP(=O)(O)O)[C@@H](O)[C@H]1O. The van der Waals surface area contributed by atoms with Crippen molar-refractivity contribution >= 4 is 56.4 Å². The molecule has 0 bridgehead atoms. The summed E-state index contributed by atoms with van der Waals surface area (Å²) in [5.41, 5.74) is 5.99. The molecule has 180 valence electrons. The van der Waals surface area contributed by atoms with Gasteiger partial charge in [-0.1, -0.05) is 0 Å². The smallest absolute Gasteiger partial charge is 0.387 e. The van der Waals surface area contributed by atoms with Crippen molar-refractivity contribution in [3.63, 3.8) is 0 Å². The number of fused-ring (bicyclic) bond motifs is 1. The van der Waals surface area contributed by atoms with Crippen LogP contribution in [-0.2, 0) is 31.6 Å². The van der Waals surface area contributed by atoms with Gasteiger partial charge in [0.25, 0.3) is 0 Å². The number of halogens is 1. The zero-order chi connectivity index (χ0) is 24.1. The lowest BCUT2D eigenvalue weighted by Gasteiger charge is -2.19. The van der Waals surface area contributed by atoms with Crippen molar-refractivity contribution in [2.75, 3.05) is 12.3 Å². The standard InChI is InChI=1S/C10H15BrN5O13P3/c11-10-15-4-7(12)13-2-14-8(4)16(10)9-6(18)5(17)3(27-9)1-26-31(22,23)29-32(24,25)28-30(19,20)21/h2-3,5-6,9,17-18H,1H2,(H,22,23)(H,24,25)(H2,12,13,14)(H2,19,20,21)/t3-,5-,6-,9-/m1/s1. The van der Waals surface area contributed by atoms with Gasteiger partial charge < -0.3 is 40.3 Å². The number of phosphoric acid groups is 3. The van der Waals surface area contributed by atoms with Gasteiger partial charge in [-0.2, -0.15) is 8.62 Å². The highest BCUT2D eigenvalue weighted by Gasteiger charge is 2.47. The van der Waals surface area contributed by atoms with Crippen molar-refractivity contribution in [1.82, 2.24) is 19.5 Å². The first kappa shape index (κ1) is 25.7. The van der Waals surface area contributed by atoms with E-state index in [0.29, 0.717) is 0 Å². The second kappa shape index (κ2) is 9.05. The molecule has 6 atom stereocenters. The zero-order valence-corrected chi connectivity index (χ0v) is 19.5. The molecule has 3 rings (SSSR count). The number of nitrogens with zero attached hydrogens (tertiary/aromatic N) is 4. The number of hydrogen-bond acceptors (Lipinski definition) is 13. The Labute approximate surface area is 185 Å². The Balaban J connectivity index is 1.73. The van der Waals surface area contributed by atoms with Crippen molar-refractivity contribution in [3.8, 4) is 0 Å². The predicted molar refractivity (Wildman–Crippen MR) is 103 cm³/mol. The van der Waals surface area contributed by atoms with E-state index in [0.717, 1.165) is 6.33 Å². The highest BCUT2D eigenvalue weighted by molar-refractivity contribution is 9.10. The van der Waals surface area contributed by atoms with E-state index in [4.69, 9.17) is 25.2 Å². The molecule has 0 aromatic carbocycles. The van der Waals surface area contributed by atoms with Crippen LogP contribution in [-0.4, -0.2) is 74.2 Å². The number of aliphatic hydroxyl groups excluding tert-OH is 2. The van der Waals surface area contributed by atoms with Crippen LogP contribution in [0.2, 0.25) is 0 Å². The Morgan fingerprint density at radius 1 is 1.09 bits per heavy atom. The van der Waals surface area contributed by atoms with Gasteiger partial charge >= 0.3 is 23.5 Å². The largest absolute Gasteiger partial charge is 0.490 e. The number of nitrogens with two attached hydrogens (primary N) is 1. The zero-order valence-electron chi connectivity index (χ0n) is 15.2. The number of aromatic nitrogens is 4. The molecule has 2 aromatic heterocycles. The van der Waals surface area contributed by atoms with Crippen LogP contribution in [0.15, 0.2) is 11.1 Å². The number of ether oxygens (including phenoxy) is 1. The molecule has 1 saturated heterocycles. The minimum Gasteiger partial charge on any atom is -0.387 e. The van der Waals surface area contributed by atoms with Gasteiger partial charge in [0.2, 0.25) is 0 Å². The van der Waals surface area contributed by atoms with Crippen molar-refractivity contribution in [1.29, 1.82) is 0 Å². The molecular weight excluding hydrogens is 571 g/mol. The molecule has 2 aromatic rings. The molecule has 1 aliphatic heterocycles. The fraction of sp³-hybridized carbons (Fsp3) is 0.500. The molecular formula is C10H15BrN5O13P3. The van der Waals surface area contributed by atoms with E-state index in [9.17, 15) is 28.8 Å². The third-order valence-electron chi connectivity index (χ3n) is 3.87. The monoisotopic (exact) mass is 585 g/mol. The first-order chi connectivity index (χ1) is 14.6. The van der Waals surface area contributed by atoms with Gasteiger partial charge in [-0.25, -0.2) is 28.6 Å². The fourth-order valence-electron chi connectivity index (χ4n) is 2.68. The van der Waals surface area contributed by atoms with Gasteiger partial charge in [-0.3, -0.25) is 9.09 Å². The molecule has 0 amide bonds. The van der Waals surface area contributed by atoms with Crippen molar-refractivity contribution in [3.05, 3.63) is 11.1 Å². The molecule has 18 nitrogen and oxygen atoms in total. The normalized spacial score (nSPS) is 28.0. The summed E-state index contributed by atoms with van der Waals surface area (Å²) >= 11 is 3.13. The van der Waals surface area contributed by atoms with E-state index >= 15 is 0 Å². The van der Waals surface area contributed by atoms with Gasteiger partial charge in [0, 0.05) is 0 Å². The van der Waals surface area contributed by atoms with Crippen LogP contribution in [0.25, 0.3) is 11.2 Å². The molecule has 1 aliphatic rings. The van der Waals surface area contributed by atoms with Crippen molar-refractivity contribution in [2.24, 2.45) is 0 Å².